The molecule has 1 atom stereocenters. The molecule has 0 radical (unpaired) electrons. The number of carbonyl (C=O) groups is 3. The Balaban J connectivity index is 1.52. The predicted octanol–water partition coefficient (Wildman–Crippen LogP) is 3.78. The lowest BCUT2D eigenvalue weighted by Gasteiger charge is -2.45. The van der Waals surface area contributed by atoms with Crippen molar-refractivity contribution < 1.29 is 19.1 Å². The Morgan fingerprint density at radius 2 is 1.45 bits per heavy atom. The summed E-state index contributed by atoms with van der Waals surface area (Å²) >= 11 is 0. The first kappa shape index (κ1) is 23.2. The highest BCUT2D eigenvalue weighted by Crippen LogP contribution is 2.32. The van der Waals surface area contributed by atoms with Gasteiger partial charge >= 0.3 is 5.97 Å². The number of carbonyl (C=O) groups excluding carboxylic acids is 3. The highest BCUT2D eigenvalue weighted by atomic mass is 16.5. The third kappa shape index (κ3) is 5.69. The third-order valence-electron chi connectivity index (χ3n) is 6.69. The van der Waals surface area contributed by atoms with Gasteiger partial charge in [-0.25, -0.2) is 0 Å². The van der Waals surface area contributed by atoms with Crippen molar-refractivity contribution in [2.75, 3.05) is 6.54 Å². The van der Waals surface area contributed by atoms with E-state index in [4.69, 9.17) is 4.74 Å². The quantitative estimate of drug-likeness (QED) is 0.538. The Bertz CT molecular complexity index is 953. The van der Waals surface area contributed by atoms with Crippen LogP contribution in [0.15, 0.2) is 60.7 Å². The van der Waals surface area contributed by atoms with Gasteiger partial charge in [0.15, 0.2) is 0 Å². The maximum absolute atomic E-state index is 13.6. The van der Waals surface area contributed by atoms with E-state index in [1.165, 1.54) is 6.42 Å². The largest absolute Gasteiger partial charge is 0.459 e. The molecule has 2 amide bonds. The number of hydrogen-bond acceptors (Lipinski definition) is 5. The summed E-state index contributed by atoms with van der Waals surface area (Å²) in [5.74, 6) is -1.20. The fourth-order valence-corrected chi connectivity index (χ4v) is 4.92. The van der Waals surface area contributed by atoms with Gasteiger partial charge in [-0.3, -0.25) is 24.6 Å². The number of ether oxygens (including phenoxy) is 1. The maximum atomic E-state index is 13.6. The van der Waals surface area contributed by atoms with Crippen LogP contribution in [-0.2, 0) is 32.1 Å². The minimum Gasteiger partial charge on any atom is -0.459 e. The molecule has 2 aromatic rings. The summed E-state index contributed by atoms with van der Waals surface area (Å²) in [6, 6.07) is 18.6. The standard InChI is InChI=1S/C27H32N2O4/c30-24(33-20-22-14-8-5-9-15-22)19-29-25(31)23(18-21-12-6-4-7-13-21)28-27(26(29)32)16-10-2-1-3-11-17-27/h4-9,12-15,23,28H,1-3,10-11,16-20H2/t23-/m0/s1. The number of nitrogens with zero attached hydrogens (tertiary/aromatic N) is 1. The number of benzene rings is 2. The zero-order valence-electron chi connectivity index (χ0n) is 19.0. The Labute approximate surface area is 195 Å². The average molecular weight is 449 g/mol. The van der Waals surface area contributed by atoms with Crippen LogP contribution in [0.3, 0.4) is 0 Å². The van der Waals surface area contributed by atoms with Crippen molar-refractivity contribution >= 4 is 17.8 Å². The Hall–Kier alpha value is -2.99. The highest BCUT2D eigenvalue weighted by molar-refractivity contribution is 6.06. The summed E-state index contributed by atoms with van der Waals surface area (Å²) in [6.45, 7) is -0.230. The summed E-state index contributed by atoms with van der Waals surface area (Å²) in [5, 5.41) is 3.45. The van der Waals surface area contributed by atoms with Crippen LogP contribution in [0.2, 0.25) is 0 Å². The first-order valence-corrected chi connectivity index (χ1v) is 11.9. The van der Waals surface area contributed by atoms with Crippen molar-refractivity contribution in [3.63, 3.8) is 0 Å². The van der Waals surface area contributed by atoms with Crippen molar-refractivity contribution in [1.29, 1.82) is 0 Å². The molecule has 2 fully saturated rings. The van der Waals surface area contributed by atoms with Gasteiger partial charge in [0.25, 0.3) is 0 Å². The van der Waals surface area contributed by atoms with Crippen LogP contribution < -0.4 is 5.32 Å². The Kier molecular flexibility index (Phi) is 7.55. The van der Waals surface area contributed by atoms with Gasteiger partial charge in [0.05, 0.1) is 11.6 Å². The van der Waals surface area contributed by atoms with Crippen molar-refractivity contribution in [3.8, 4) is 0 Å². The van der Waals surface area contributed by atoms with E-state index in [-0.39, 0.29) is 25.0 Å². The molecule has 0 aromatic heterocycles. The van der Waals surface area contributed by atoms with E-state index in [9.17, 15) is 14.4 Å². The number of hydrogen-bond donors (Lipinski definition) is 1. The first-order valence-electron chi connectivity index (χ1n) is 11.9. The lowest BCUT2D eigenvalue weighted by Crippen LogP contribution is -2.71. The second-order valence-electron chi connectivity index (χ2n) is 9.11. The maximum Gasteiger partial charge on any atom is 0.326 e. The minimum atomic E-state index is -0.798. The van der Waals surface area contributed by atoms with Gasteiger partial charge in [0.1, 0.15) is 13.2 Å². The number of amides is 2. The van der Waals surface area contributed by atoms with Gasteiger partial charge in [-0.05, 0) is 30.4 Å². The molecule has 1 saturated carbocycles. The molecule has 1 aliphatic carbocycles. The van der Waals surface area contributed by atoms with Crippen molar-refractivity contribution in [2.45, 2.75) is 69.6 Å². The molecular formula is C27H32N2O4. The number of piperazine rings is 1. The summed E-state index contributed by atoms with van der Waals surface area (Å²) in [7, 11) is 0. The zero-order valence-corrected chi connectivity index (χ0v) is 19.0. The van der Waals surface area contributed by atoms with Gasteiger partial charge in [0, 0.05) is 0 Å². The molecule has 1 spiro atoms. The number of nitrogens with one attached hydrogen (secondary N) is 1. The summed E-state index contributed by atoms with van der Waals surface area (Å²) in [5.41, 5.74) is 1.08. The molecule has 1 aliphatic heterocycles. The van der Waals surface area contributed by atoms with Gasteiger partial charge in [-0.15, -0.1) is 0 Å². The number of imide groups is 1. The Morgan fingerprint density at radius 3 is 2.09 bits per heavy atom. The van der Waals surface area contributed by atoms with E-state index in [0.717, 1.165) is 41.7 Å². The van der Waals surface area contributed by atoms with Crippen LogP contribution in [0.4, 0.5) is 0 Å². The van der Waals surface area contributed by atoms with Gasteiger partial charge in [0.2, 0.25) is 11.8 Å². The SMILES string of the molecule is O=C(CN1C(=O)[C@H](Cc2ccccc2)NC2(CCCCCCC2)C1=O)OCc1ccccc1. The van der Waals surface area contributed by atoms with E-state index in [2.05, 4.69) is 5.32 Å². The smallest absolute Gasteiger partial charge is 0.326 e. The van der Waals surface area contributed by atoms with Crippen molar-refractivity contribution in [3.05, 3.63) is 71.8 Å². The highest BCUT2D eigenvalue weighted by Gasteiger charge is 2.50. The van der Waals surface area contributed by atoms with E-state index < -0.39 is 17.6 Å². The fourth-order valence-electron chi connectivity index (χ4n) is 4.92. The summed E-state index contributed by atoms with van der Waals surface area (Å²) in [4.78, 5) is 40.8. The first-order chi connectivity index (χ1) is 16.1. The molecule has 6 nitrogen and oxygen atoms in total. The molecule has 0 unspecified atom stereocenters. The molecule has 1 heterocycles. The van der Waals surface area contributed by atoms with Crippen LogP contribution >= 0.6 is 0 Å². The van der Waals surface area contributed by atoms with Crippen LogP contribution in [0, 0.1) is 0 Å². The number of rotatable bonds is 6. The van der Waals surface area contributed by atoms with Crippen LogP contribution in [0.1, 0.15) is 56.1 Å². The molecule has 6 heteroatoms. The zero-order chi connectivity index (χ0) is 23.1. The summed E-state index contributed by atoms with van der Waals surface area (Å²) < 4.78 is 5.40. The average Bonchev–Trinajstić information content (AvgIpc) is 2.82. The van der Waals surface area contributed by atoms with Crippen LogP contribution in [0.25, 0.3) is 0 Å². The Morgan fingerprint density at radius 1 is 0.879 bits per heavy atom. The molecule has 33 heavy (non-hydrogen) atoms. The van der Waals surface area contributed by atoms with E-state index >= 15 is 0 Å². The van der Waals surface area contributed by atoms with Crippen molar-refractivity contribution in [1.82, 2.24) is 10.2 Å². The van der Waals surface area contributed by atoms with E-state index in [1.54, 1.807) is 0 Å². The van der Waals surface area contributed by atoms with Gasteiger partial charge in [-0.2, -0.15) is 0 Å². The molecule has 4 rings (SSSR count). The van der Waals surface area contributed by atoms with Gasteiger partial charge in [-0.1, -0.05) is 92.8 Å². The number of esters is 1. The monoisotopic (exact) mass is 448 g/mol. The fraction of sp³-hybridized carbons (Fsp3) is 0.444. The second-order valence-corrected chi connectivity index (χ2v) is 9.11. The lowest BCUT2D eigenvalue weighted by molar-refractivity contribution is -0.164. The lowest BCUT2D eigenvalue weighted by atomic mass is 9.79. The molecule has 1 N–H and O–H groups in total. The summed E-state index contributed by atoms with van der Waals surface area (Å²) in [6.07, 6.45) is 7.02. The van der Waals surface area contributed by atoms with Gasteiger partial charge < -0.3 is 4.74 Å². The van der Waals surface area contributed by atoms with Crippen molar-refractivity contribution in [2.24, 2.45) is 0 Å². The third-order valence-corrected chi connectivity index (χ3v) is 6.69. The van der Waals surface area contributed by atoms with Crippen LogP contribution in [0.5, 0.6) is 0 Å². The molecule has 1 saturated heterocycles. The second kappa shape index (κ2) is 10.8. The molecule has 174 valence electrons. The minimum absolute atomic E-state index is 0.118. The predicted molar refractivity (Wildman–Crippen MR) is 125 cm³/mol. The molecule has 2 aromatic carbocycles. The van der Waals surface area contributed by atoms with E-state index in [0.29, 0.717) is 19.3 Å². The molecular weight excluding hydrogens is 416 g/mol. The van der Waals surface area contributed by atoms with E-state index in [1.807, 2.05) is 60.7 Å². The molecule has 2 aliphatic rings. The van der Waals surface area contributed by atoms with Crippen LogP contribution in [-0.4, -0.2) is 40.8 Å². The topological polar surface area (TPSA) is 75.7 Å². The molecule has 0 bridgehead atoms. The normalized spacial score (nSPS) is 20.8.